The lowest BCUT2D eigenvalue weighted by Gasteiger charge is -2.28. The molecule has 96 valence electrons. The van der Waals surface area contributed by atoms with Gasteiger partial charge in [-0.15, -0.1) is 0 Å². The van der Waals surface area contributed by atoms with Crippen molar-refractivity contribution in [3.05, 3.63) is 69.7 Å². The minimum Gasteiger partial charge on any atom is -0.334 e. The molecule has 0 saturated heterocycles. The molecule has 2 aromatic carbocycles. The molecular weight excluding hydrogens is 302 g/mol. The molecule has 3 rings (SSSR count). The van der Waals surface area contributed by atoms with Crippen LogP contribution in [0.4, 0.5) is 0 Å². The Morgan fingerprint density at radius 2 is 1.95 bits per heavy atom. The molecule has 0 atom stereocenters. The van der Waals surface area contributed by atoms with Crippen LogP contribution in [0.3, 0.4) is 0 Å². The van der Waals surface area contributed by atoms with Crippen molar-refractivity contribution >= 4 is 21.8 Å². The lowest BCUT2D eigenvalue weighted by Crippen LogP contribution is -2.36. The van der Waals surface area contributed by atoms with Gasteiger partial charge < -0.3 is 4.90 Å². The molecule has 2 aromatic rings. The first-order chi connectivity index (χ1) is 9.24. The van der Waals surface area contributed by atoms with Crippen LogP contribution < -0.4 is 0 Å². The van der Waals surface area contributed by atoms with E-state index in [4.69, 9.17) is 0 Å². The van der Waals surface area contributed by atoms with Crippen molar-refractivity contribution in [3.8, 4) is 0 Å². The molecule has 0 unspecified atom stereocenters. The van der Waals surface area contributed by atoms with E-state index in [1.165, 1.54) is 0 Å². The van der Waals surface area contributed by atoms with E-state index in [1.54, 1.807) is 0 Å². The SMILES string of the molecule is O=C1c2ccccc2CCN1Cc1cccc(Br)c1. The second kappa shape index (κ2) is 5.17. The molecule has 0 fully saturated rings. The molecule has 1 heterocycles. The van der Waals surface area contributed by atoms with Crippen molar-refractivity contribution in [2.45, 2.75) is 13.0 Å². The molecule has 0 radical (unpaired) electrons. The highest BCUT2D eigenvalue weighted by Gasteiger charge is 2.23. The van der Waals surface area contributed by atoms with Crippen LogP contribution in [0.25, 0.3) is 0 Å². The molecule has 1 aliphatic heterocycles. The van der Waals surface area contributed by atoms with E-state index in [0.29, 0.717) is 6.54 Å². The Hall–Kier alpha value is -1.61. The van der Waals surface area contributed by atoms with Gasteiger partial charge in [-0.2, -0.15) is 0 Å². The van der Waals surface area contributed by atoms with Gasteiger partial charge in [0.15, 0.2) is 0 Å². The van der Waals surface area contributed by atoms with Crippen LogP contribution in [0, 0.1) is 0 Å². The molecule has 0 bridgehead atoms. The zero-order valence-corrected chi connectivity index (χ0v) is 12.1. The van der Waals surface area contributed by atoms with E-state index in [1.807, 2.05) is 41.3 Å². The first kappa shape index (κ1) is 12.4. The molecule has 3 heteroatoms. The third-order valence-electron chi connectivity index (χ3n) is 3.45. The monoisotopic (exact) mass is 315 g/mol. The summed E-state index contributed by atoms with van der Waals surface area (Å²) in [5, 5.41) is 0. The van der Waals surface area contributed by atoms with Crippen molar-refractivity contribution in [3.63, 3.8) is 0 Å². The van der Waals surface area contributed by atoms with Crippen molar-refractivity contribution in [2.75, 3.05) is 6.54 Å². The number of amides is 1. The second-order valence-corrected chi connectivity index (χ2v) is 5.68. The number of hydrogen-bond donors (Lipinski definition) is 0. The van der Waals surface area contributed by atoms with Gasteiger partial charge in [-0.3, -0.25) is 4.79 Å². The van der Waals surface area contributed by atoms with Crippen molar-refractivity contribution < 1.29 is 4.79 Å². The maximum absolute atomic E-state index is 12.4. The van der Waals surface area contributed by atoms with Crippen LogP contribution in [0.2, 0.25) is 0 Å². The fourth-order valence-electron chi connectivity index (χ4n) is 2.48. The maximum Gasteiger partial charge on any atom is 0.254 e. The maximum atomic E-state index is 12.4. The summed E-state index contributed by atoms with van der Waals surface area (Å²) in [7, 11) is 0. The van der Waals surface area contributed by atoms with Crippen LogP contribution in [-0.2, 0) is 13.0 Å². The number of nitrogens with zero attached hydrogens (tertiary/aromatic N) is 1. The third kappa shape index (κ3) is 2.56. The van der Waals surface area contributed by atoms with Crippen LogP contribution >= 0.6 is 15.9 Å². The topological polar surface area (TPSA) is 20.3 Å². The van der Waals surface area contributed by atoms with Crippen LogP contribution in [-0.4, -0.2) is 17.4 Å². The predicted molar refractivity (Wildman–Crippen MR) is 79.0 cm³/mol. The van der Waals surface area contributed by atoms with Crippen molar-refractivity contribution in [1.82, 2.24) is 4.90 Å². The van der Waals surface area contributed by atoms with E-state index >= 15 is 0 Å². The number of halogens is 1. The van der Waals surface area contributed by atoms with Crippen LogP contribution in [0.5, 0.6) is 0 Å². The first-order valence-electron chi connectivity index (χ1n) is 6.35. The van der Waals surface area contributed by atoms with E-state index in [2.05, 4.69) is 28.1 Å². The standard InChI is InChI=1S/C16H14BrNO/c17-14-6-3-4-12(10-14)11-18-9-8-13-5-1-2-7-15(13)16(18)19/h1-7,10H,8-9,11H2. The number of carbonyl (C=O) groups is 1. The van der Waals surface area contributed by atoms with Gasteiger partial charge in [-0.05, 0) is 35.7 Å². The van der Waals surface area contributed by atoms with Gasteiger partial charge in [0.05, 0.1) is 0 Å². The van der Waals surface area contributed by atoms with Crippen LogP contribution in [0.1, 0.15) is 21.5 Å². The van der Waals surface area contributed by atoms with E-state index < -0.39 is 0 Å². The number of hydrogen-bond acceptors (Lipinski definition) is 1. The van der Waals surface area contributed by atoms with Gasteiger partial charge in [-0.25, -0.2) is 0 Å². The second-order valence-electron chi connectivity index (χ2n) is 4.76. The predicted octanol–water partition coefficient (Wildman–Crippen LogP) is 3.65. The molecular formula is C16H14BrNO. The quantitative estimate of drug-likeness (QED) is 0.828. The molecule has 2 nitrogen and oxygen atoms in total. The average Bonchev–Trinajstić information content (AvgIpc) is 2.42. The molecule has 0 aromatic heterocycles. The van der Waals surface area contributed by atoms with Crippen LogP contribution in [0.15, 0.2) is 53.0 Å². The normalized spacial score (nSPS) is 14.4. The summed E-state index contributed by atoms with van der Waals surface area (Å²) in [6, 6.07) is 16.0. The number of fused-ring (bicyclic) bond motifs is 1. The van der Waals surface area contributed by atoms with Gasteiger partial charge in [0, 0.05) is 23.1 Å². The molecule has 0 aliphatic carbocycles. The summed E-state index contributed by atoms with van der Waals surface area (Å²) in [4.78, 5) is 14.3. The first-order valence-corrected chi connectivity index (χ1v) is 7.15. The average molecular weight is 316 g/mol. The third-order valence-corrected chi connectivity index (χ3v) is 3.94. The van der Waals surface area contributed by atoms with E-state index in [-0.39, 0.29) is 5.91 Å². The van der Waals surface area contributed by atoms with E-state index in [0.717, 1.165) is 34.1 Å². The van der Waals surface area contributed by atoms with Gasteiger partial charge in [0.1, 0.15) is 0 Å². The molecule has 1 aliphatic rings. The summed E-state index contributed by atoms with van der Waals surface area (Å²) >= 11 is 3.46. The Bertz CT molecular complexity index is 624. The summed E-state index contributed by atoms with van der Waals surface area (Å²) in [6.45, 7) is 1.47. The van der Waals surface area contributed by atoms with Gasteiger partial charge >= 0.3 is 0 Å². The fraction of sp³-hybridized carbons (Fsp3) is 0.188. The highest BCUT2D eigenvalue weighted by molar-refractivity contribution is 9.10. The minimum atomic E-state index is 0.141. The molecule has 0 saturated carbocycles. The molecule has 0 N–H and O–H groups in total. The Morgan fingerprint density at radius 3 is 2.79 bits per heavy atom. The summed E-state index contributed by atoms with van der Waals surface area (Å²) in [5.41, 5.74) is 3.17. The van der Waals surface area contributed by atoms with Gasteiger partial charge in [-0.1, -0.05) is 46.3 Å². The zero-order chi connectivity index (χ0) is 13.2. The van der Waals surface area contributed by atoms with Gasteiger partial charge in [0.2, 0.25) is 0 Å². The summed E-state index contributed by atoms with van der Waals surface area (Å²) in [5.74, 6) is 0.141. The number of benzene rings is 2. The Morgan fingerprint density at radius 1 is 1.11 bits per heavy atom. The Labute approximate surface area is 121 Å². The van der Waals surface area contributed by atoms with Crippen molar-refractivity contribution in [1.29, 1.82) is 0 Å². The summed E-state index contributed by atoms with van der Waals surface area (Å²) in [6.07, 6.45) is 0.940. The molecule has 1 amide bonds. The highest BCUT2D eigenvalue weighted by Crippen LogP contribution is 2.21. The lowest BCUT2D eigenvalue weighted by molar-refractivity contribution is 0.0727. The highest BCUT2D eigenvalue weighted by atomic mass is 79.9. The zero-order valence-electron chi connectivity index (χ0n) is 10.5. The Balaban J connectivity index is 1.83. The largest absolute Gasteiger partial charge is 0.334 e. The smallest absolute Gasteiger partial charge is 0.254 e. The Kier molecular flexibility index (Phi) is 3.38. The molecule has 19 heavy (non-hydrogen) atoms. The number of carbonyl (C=O) groups excluding carboxylic acids is 1. The number of rotatable bonds is 2. The van der Waals surface area contributed by atoms with Gasteiger partial charge in [0.25, 0.3) is 5.91 Å². The lowest BCUT2D eigenvalue weighted by atomic mass is 9.99. The van der Waals surface area contributed by atoms with Crippen molar-refractivity contribution in [2.24, 2.45) is 0 Å². The summed E-state index contributed by atoms with van der Waals surface area (Å²) < 4.78 is 1.05. The molecule has 0 spiro atoms. The van der Waals surface area contributed by atoms with E-state index in [9.17, 15) is 4.79 Å². The minimum absolute atomic E-state index is 0.141. The fourth-order valence-corrected chi connectivity index (χ4v) is 2.93.